The first kappa shape index (κ1) is 26.7. The third-order valence-electron chi connectivity index (χ3n) is 13.2. The highest BCUT2D eigenvalue weighted by molar-refractivity contribution is 5.91. The van der Waals surface area contributed by atoms with Gasteiger partial charge in [0.1, 0.15) is 18.3 Å². The first-order valence-electron chi connectivity index (χ1n) is 15.0. The first-order valence-corrected chi connectivity index (χ1v) is 15.0. The van der Waals surface area contributed by atoms with E-state index in [2.05, 4.69) is 25.7 Å². The number of fused-ring (bicyclic) bond motifs is 6. The summed E-state index contributed by atoms with van der Waals surface area (Å²) >= 11 is 0. The van der Waals surface area contributed by atoms with Crippen molar-refractivity contribution in [2.45, 2.75) is 103 Å². The van der Waals surface area contributed by atoms with Crippen LogP contribution in [0.3, 0.4) is 0 Å². The van der Waals surface area contributed by atoms with E-state index in [1.54, 1.807) is 0 Å². The largest absolute Gasteiger partial charge is 0.462 e. The Labute approximate surface area is 235 Å². The third-order valence-corrected chi connectivity index (χ3v) is 13.2. The molecular weight excluding hydrogens is 512 g/mol. The van der Waals surface area contributed by atoms with Gasteiger partial charge in [-0.3, -0.25) is 9.59 Å². The Bertz CT molecular complexity index is 1250. The van der Waals surface area contributed by atoms with Gasteiger partial charge in [0.05, 0.1) is 22.5 Å². The standard InChI is InChI=1S/C32H42O8/c1-15-7-8-19-21(15)24-22(20(38-17(3)33)13-29(19,5)36)32(27(35)40-24)14-31-12-11-28(32,4)25(31)23-18(9-10-30(31,6)37)16(2)26(34)39-23/h11-12,15,18-25,36-37H,2,7-10,13-14H2,1,3-6H3/t15-,18-,19+,20-,21-,22+,23-,24+,25-,28-,29+,30+,31-,32-/m0/s1. The lowest BCUT2D eigenvalue weighted by molar-refractivity contribution is -0.165. The summed E-state index contributed by atoms with van der Waals surface area (Å²) in [6.45, 7) is 13.3. The van der Waals surface area contributed by atoms with Gasteiger partial charge in [0.2, 0.25) is 0 Å². The van der Waals surface area contributed by atoms with Gasteiger partial charge in [-0.2, -0.15) is 0 Å². The zero-order valence-electron chi connectivity index (χ0n) is 24.1. The Kier molecular flexibility index (Phi) is 5.20. The highest BCUT2D eigenvalue weighted by Crippen LogP contribution is 2.80. The number of esters is 3. The van der Waals surface area contributed by atoms with Crippen molar-refractivity contribution in [3.8, 4) is 0 Å². The van der Waals surface area contributed by atoms with Gasteiger partial charge in [-0.1, -0.05) is 32.6 Å². The molecule has 0 unspecified atom stereocenters. The normalized spacial score (nSPS) is 57.6. The van der Waals surface area contributed by atoms with E-state index in [0.717, 1.165) is 12.8 Å². The molecule has 8 nitrogen and oxygen atoms in total. The maximum Gasteiger partial charge on any atom is 0.334 e. The Hall–Kier alpha value is -2.19. The van der Waals surface area contributed by atoms with E-state index in [0.29, 0.717) is 24.8 Å². The van der Waals surface area contributed by atoms with Crippen LogP contribution in [0.25, 0.3) is 0 Å². The van der Waals surface area contributed by atoms with Gasteiger partial charge in [0.15, 0.2) is 0 Å². The summed E-state index contributed by atoms with van der Waals surface area (Å²) in [7, 11) is 0. The molecule has 40 heavy (non-hydrogen) atoms. The highest BCUT2D eigenvalue weighted by Gasteiger charge is 2.84. The minimum atomic E-state index is -1.18. The summed E-state index contributed by atoms with van der Waals surface area (Å²) in [6, 6.07) is 0. The molecule has 1 spiro atoms. The van der Waals surface area contributed by atoms with Crippen LogP contribution >= 0.6 is 0 Å². The van der Waals surface area contributed by atoms with Crippen LogP contribution in [-0.2, 0) is 28.6 Å². The van der Waals surface area contributed by atoms with Gasteiger partial charge in [-0.25, -0.2) is 4.79 Å². The van der Waals surface area contributed by atoms with Gasteiger partial charge < -0.3 is 24.4 Å². The molecule has 2 N–H and O–H groups in total. The van der Waals surface area contributed by atoms with E-state index in [1.165, 1.54) is 6.92 Å². The molecule has 0 radical (unpaired) electrons. The van der Waals surface area contributed by atoms with Crippen molar-refractivity contribution in [3.05, 3.63) is 24.3 Å². The first-order chi connectivity index (χ1) is 18.6. The topological polar surface area (TPSA) is 119 Å². The van der Waals surface area contributed by atoms with Gasteiger partial charge in [0.25, 0.3) is 0 Å². The average molecular weight is 555 g/mol. The summed E-state index contributed by atoms with van der Waals surface area (Å²) in [6.07, 6.45) is 5.61. The molecule has 2 saturated heterocycles. The molecule has 218 valence electrons. The molecule has 2 heterocycles. The molecule has 7 aliphatic rings. The van der Waals surface area contributed by atoms with Gasteiger partial charge >= 0.3 is 17.9 Å². The smallest absolute Gasteiger partial charge is 0.334 e. The zero-order valence-corrected chi connectivity index (χ0v) is 24.1. The lowest BCUT2D eigenvalue weighted by atomic mass is 9.54. The lowest BCUT2D eigenvalue weighted by Crippen LogP contribution is -2.53. The predicted molar refractivity (Wildman–Crippen MR) is 142 cm³/mol. The second-order valence-electron chi connectivity index (χ2n) is 14.9. The average Bonchev–Trinajstić information content (AvgIpc) is 3.56. The molecule has 7 rings (SSSR count). The number of hydrogen-bond donors (Lipinski definition) is 2. The van der Waals surface area contributed by atoms with Gasteiger partial charge in [0, 0.05) is 47.5 Å². The van der Waals surface area contributed by atoms with Crippen molar-refractivity contribution >= 4 is 17.9 Å². The van der Waals surface area contributed by atoms with Crippen LogP contribution in [0.1, 0.15) is 73.1 Å². The molecule has 8 heteroatoms. The van der Waals surface area contributed by atoms with Crippen molar-refractivity contribution in [1.82, 2.24) is 0 Å². The minimum absolute atomic E-state index is 0.0739. The summed E-state index contributed by atoms with van der Waals surface area (Å²) in [5.41, 5.74) is -4.68. The number of carbonyl (C=O) groups is 3. The van der Waals surface area contributed by atoms with Gasteiger partial charge in [-0.15, -0.1) is 0 Å². The Morgan fingerprint density at radius 1 is 1.07 bits per heavy atom. The molecule has 5 aliphatic carbocycles. The van der Waals surface area contributed by atoms with Crippen LogP contribution in [0, 0.1) is 51.8 Å². The van der Waals surface area contributed by atoms with Crippen molar-refractivity contribution < 1.29 is 38.8 Å². The number of aliphatic hydroxyl groups is 2. The van der Waals surface area contributed by atoms with Crippen molar-refractivity contribution in [3.63, 3.8) is 0 Å². The summed E-state index contributed by atoms with van der Waals surface area (Å²) in [5.74, 6) is -2.27. The highest BCUT2D eigenvalue weighted by atomic mass is 16.6. The number of allylic oxidation sites excluding steroid dienone is 1. The van der Waals surface area contributed by atoms with Crippen LogP contribution < -0.4 is 0 Å². The maximum absolute atomic E-state index is 14.6. The van der Waals surface area contributed by atoms with Crippen molar-refractivity contribution in [2.24, 2.45) is 51.8 Å². The Balaban J connectivity index is 1.44. The monoisotopic (exact) mass is 554 g/mol. The van der Waals surface area contributed by atoms with E-state index in [9.17, 15) is 24.6 Å². The number of rotatable bonds is 1. The molecule has 0 amide bonds. The number of hydrogen-bond acceptors (Lipinski definition) is 8. The number of carbonyl (C=O) groups excluding carboxylic acids is 3. The molecule has 0 aromatic heterocycles. The molecule has 14 atom stereocenters. The van der Waals surface area contributed by atoms with E-state index in [-0.39, 0.29) is 42.0 Å². The molecule has 4 saturated carbocycles. The van der Waals surface area contributed by atoms with Crippen molar-refractivity contribution in [1.29, 1.82) is 0 Å². The second-order valence-corrected chi connectivity index (χ2v) is 14.9. The third kappa shape index (κ3) is 2.88. The molecule has 0 aromatic rings. The van der Waals surface area contributed by atoms with Gasteiger partial charge in [-0.05, 0) is 57.8 Å². The second kappa shape index (κ2) is 7.80. The van der Waals surface area contributed by atoms with Crippen LogP contribution in [-0.4, -0.2) is 57.6 Å². The summed E-state index contributed by atoms with van der Waals surface area (Å²) < 4.78 is 18.6. The molecule has 2 aliphatic heterocycles. The van der Waals surface area contributed by atoms with E-state index in [4.69, 9.17) is 14.2 Å². The number of ether oxygens (including phenoxy) is 3. The van der Waals surface area contributed by atoms with Crippen LogP contribution in [0.2, 0.25) is 0 Å². The molecule has 6 fully saturated rings. The fourth-order valence-corrected chi connectivity index (χ4v) is 11.4. The van der Waals surface area contributed by atoms with E-state index < -0.39 is 63.6 Å². The van der Waals surface area contributed by atoms with Crippen molar-refractivity contribution in [2.75, 3.05) is 0 Å². The zero-order chi connectivity index (χ0) is 28.8. The summed E-state index contributed by atoms with van der Waals surface area (Å²) in [4.78, 5) is 39.9. The SMILES string of the molecule is C=C1C(=O)O[C@H]2[C@H]1CC[C@@](C)(O)[C@]13C=C[C@@](C)([C@H]21)[C@]1(C3)C(=O)O[C@@H]2[C@@H]3[C@@H](CC[C@@H]3C)[C@](C)(O)C[C@H](OC(C)=O)[C@H]21. The predicted octanol–water partition coefficient (Wildman–Crippen LogP) is 3.49. The van der Waals surface area contributed by atoms with Crippen LogP contribution in [0.15, 0.2) is 24.3 Å². The quantitative estimate of drug-likeness (QED) is 0.219. The maximum atomic E-state index is 14.6. The summed E-state index contributed by atoms with van der Waals surface area (Å²) in [5, 5.41) is 24.0. The lowest BCUT2D eigenvalue weighted by Gasteiger charge is -2.46. The minimum Gasteiger partial charge on any atom is -0.462 e. The molecule has 0 aromatic carbocycles. The van der Waals surface area contributed by atoms with Crippen LogP contribution in [0.4, 0.5) is 0 Å². The fourth-order valence-electron chi connectivity index (χ4n) is 11.4. The van der Waals surface area contributed by atoms with E-state index >= 15 is 0 Å². The Morgan fingerprint density at radius 3 is 2.50 bits per heavy atom. The fraction of sp³-hybridized carbons (Fsp3) is 0.781. The van der Waals surface area contributed by atoms with E-state index in [1.807, 2.05) is 20.8 Å². The molecular formula is C32H42O8. The van der Waals surface area contributed by atoms with Crippen LogP contribution in [0.5, 0.6) is 0 Å². The molecule has 2 bridgehead atoms. The Morgan fingerprint density at radius 2 is 1.80 bits per heavy atom.